The standard InChI is InChI=1S/C12H19N3O3/c1-5-12(3,6-10(16)17)14-11(18)9-7-13-15(4)8(9)2/h7H,5-6H2,1-4H3,(H,14,18)(H,16,17)/t12-/m1/s1. The van der Waals surface area contributed by atoms with Crippen LogP contribution in [0.3, 0.4) is 0 Å². The van der Waals surface area contributed by atoms with Crippen molar-refractivity contribution in [2.75, 3.05) is 0 Å². The number of hydrogen-bond donors (Lipinski definition) is 2. The summed E-state index contributed by atoms with van der Waals surface area (Å²) in [5, 5.41) is 15.6. The van der Waals surface area contributed by atoms with Gasteiger partial charge in [-0.25, -0.2) is 0 Å². The molecule has 1 aromatic heterocycles. The predicted octanol–water partition coefficient (Wildman–Crippen LogP) is 1.10. The topological polar surface area (TPSA) is 84.2 Å². The van der Waals surface area contributed by atoms with Gasteiger partial charge in [-0.2, -0.15) is 5.10 Å². The molecule has 6 nitrogen and oxygen atoms in total. The number of carbonyl (C=O) groups excluding carboxylic acids is 1. The van der Waals surface area contributed by atoms with Gasteiger partial charge < -0.3 is 10.4 Å². The fraction of sp³-hybridized carbons (Fsp3) is 0.583. The molecule has 0 aliphatic carbocycles. The molecule has 0 aliphatic heterocycles. The molecule has 0 fully saturated rings. The Morgan fingerprint density at radius 3 is 2.56 bits per heavy atom. The number of rotatable bonds is 5. The van der Waals surface area contributed by atoms with Gasteiger partial charge in [0.25, 0.3) is 5.91 Å². The Morgan fingerprint density at radius 1 is 1.56 bits per heavy atom. The van der Waals surface area contributed by atoms with E-state index in [0.717, 1.165) is 5.69 Å². The second-order valence-corrected chi connectivity index (χ2v) is 4.71. The number of hydrogen-bond acceptors (Lipinski definition) is 3. The monoisotopic (exact) mass is 253 g/mol. The molecule has 0 unspecified atom stereocenters. The summed E-state index contributed by atoms with van der Waals surface area (Å²) >= 11 is 0. The van der Waals surface area contributed by atoms with Crippen molar-refractivity contribution in [3.05, 3.63) is 17.5 Å². The van der Waals surface area contributed by atoms with E-state index in [-0.39, 0.29) is 12.3 Å². The Hall–Kier alpha value is -1.85. The second kappa shape index (κ2) is 5.20. The molecule has 1 atom stereocenters. The highest BCUT2D eigenvalue weighted by Crippen LogP contribution is 2.16. The molecule has 0 saturated heterocycles. The van der Waals surface area contributed by atoms with Gasteiger partial charge >= 0.3 is 5.97 Å². The first kappa shape index (κ1) is 14.2. The Kier molecular flexibility index (Phi) is 4.11. The molecule has 100 valence electrons. The van der Waals surface area contributed by atoms with Crippen LogP contribution in [-0.2, 0) is 11.8 Å². The van der Waals surface area contributed by atoms with Gasteiger partial charge in [0, 0.05) is 18.3 Å². The Balaban J connectivity index is 2.86. The SMILES string of the molecule is CC[C@](C)(CC(=O)O)NC(=O)c1cnn(C)c1C. The summed E-state index contributed by atoms with van der Waals surface area (Å²) in [6.07, 6.45) is 1.93. The van der Waals surface area contributed by atoms with Crippen molar-refractivity contribution in [2.24, 2.45) is 7.05 Å². The molecule has 0 radical (unpaired) electrons. The number of nitrogens with one attached hydrogen (secondary N) is 1. The van der Waals surface area contributed by atoms with Crippen molar-refractivity contribution in [3.8, 4) is 0 Å². The number of aryl methyl sites for hydroxylation is 1. The van der Waals surface area contributed by atoms with Crippen molar-refractivity contribution in [3.63, 3.8) is 0 Å². The number of aliphatic carboxylic acids is 1. The Bertz CT molecular complexity index is 467. The average molecular weight is 253 g/mol. The molecule has 0 spiro atoms. The van der Waals surface area contributed by atoms with Crippen LogP contribution in [0.4, 0.5) is 0 Å². The van der Waals surface area contributed by atoms with E-state index in [1.807, 2.05) is 6.92 Å². The number of nitrogens with zero attached hydrogens (tertiary/aromatic N) is 2. The van der Waals surface area contributed by atoms with E-state index in [1.165, 1.54) is 6.20 Å². The first-order valence-electron chi connectivity index (χ1n) is 5.82. The maximum Gasteiger partial charge on any atom is 0.305 e. The third-order valence-electron chi connectivity index (χ3n) is 3.22. The summed E-state index contributed by atoms with van der Waals surface area (Å²) < 4.78 is 1.61. The molecule has 2 N–H and O–H groups in total. The quantitative estimate of drug-likeness (QED) is 0.823. The number of carbonyl (C=O) groups is 2. The van der Waals surface area contributed by atoms with Crippen LogP contribution in [0.15, 0.2) is 6.20 Å². The van der Waals surface area contributed by atoms with E-state index in [0.29, 0.717) is 12.0 Å². The third kappa shape index (κ3) is 3.09. The summed E-state index contributed by atoms with van der Waals surface area (Å²) in [4.78, 5) is 22.9. The van der Waals surface area contributed by atoms with Crippen LogP contribution in [0.5, 0.6) is 0 Å². The Labute approximate surface area is 106 Å². The molecule has 1 amide bonds. The number of carboxylic acid groups (broad SMARTS) is 1. The minimum Gasteiger partial charge on any atom is -0.481 e. The molecule has 1 heterocycles. The van der Waals surface area contributed by atoms with Gasteiger partial charge in [-0.15, -0.1) is 0 Å². The fourth-order valence-corrected chi connectivity index (χ4v) is 1.65. The molecular formula is C12H19N3O3. The smallest absolute Gasteiger partial charge is 0.305 e. The normalized spacial score (nSPS) is 14.0. The maximum atomic E-state index is 12.1. The van der Waals surface area contributed by atoms with E-state index in [2.05, 4.69) is 10.4 Å². The van der Waals surface area contributed by atoms with Gasteiger partial charge in [0.15, 0.2) is 0 Å². The minimum absolute atomic E-state index is 0.103. The zero-order valence-corrected chi connectivity index (χ0v) is 11.1. The first-order chi connectivity index (χ1) is 8.29. The van der Waals surface area contributed by atoms with Crippen LogP contribution in [0, 0.1) is 6.92 Å². The van der Waals surface area contributed by atoms with Crippen molar-refractivity contribution in [2.45, 2.75) is 39.2 Å². The van der Waals surface area contributed by atoms with Gasteiger partial charge in [0.05, 0.1) is 18.2 Å². The largest absolute Gasteiger partial charge is 0.481 e. The highest BCUT2D eigenvalue weighted by atomic mass is 16.4. The summed E-state index contributed by atoms with van der Waals surface area (Å²) in [5.41, 5.74) is 0.481. The van der Waals surface area contributed by atoms with E-state index in [1.54, 1.807) is 25.6 Å². The van der Waals surface area contributed by atoms with E-state index in [4.69, 9.17) is 5.11 Å². The molecule has 6 heteroatoms. The van der Waals surface area contributed by atoms with Crippen LogP contribution < -0.4 is 5.32 Å². The first-order valence-corrected chi connectivity index (χ1v) is 5.82. The lowest BCUT2D eigenvalue weighted by Gasteiger charge is -2.27. The summed E-state index contributed by atoms with van der Waals surface area (Å²) in [5.74, 6) is -1.21. The van der Waals surface area contributed by atoms with Gasteiger partial charge in [0.1, 0.15) is 0 Å². The van der Waals surface area contributed by atoms with Crippen LogP contribution in [0.2, 0.25) is 0 Å². The average Bonchev–Trinajstić information content (AvgIpc) is 2.58. The highest BCUT2D eigenvalue weighted by Gasteiger charge is 2.28. The second-order valence-electron chi connectivity index (χ2n) is 4.71. The number of carboxylic acids is 1. The van der Waals surface area contributed by atoms with Crippen LogP contribution in [0.25, 0.3) is 0 Å². The van der Waals surface area contributed by atoms with Crippen LogP contribution >= 0.6 is 0 Å². The van der Waals surface area contributed by atoms with Gasteiger partial charge in [-0.3, -0.25) is 14.3 Å². The van der Waals surface area contributed by atoms with E-state index < -0.39 is 11.5 Å². The summed E-state index contributed by atoms with van der Waals surface area (Å²) in [6, 6.07) is 0. The zero-order valence-electron chi connectivity index (χ0n) is 11.1. The highest BCUT2D eigenvalue weighted by molar-refractivity contribution is 5.95. The van der Waals surface area contributed by atoms with E-state index in [9.17, 15) is 9.59 Å². The van der Waals surface area contributed by atoms with Crippen LogP contribution in [0.1, 0.15) is 42.7 Å². The zero-order chi connectivity index (χ0) is 13.9. The maximum absolute atomic E-state index is 12.1. The fourth-order valence-electron chi connectivity index (χ4n) is 1.65. The molecule has 0 aromatic carbocycles. The molecule has 1 aromatic rings. The third-order valence-corrected chi connectivity index (χ3v) is 3.22. The van der Waals surface area contributed by atoms with Gasteiger partial charge in [-0.1, -0.05) is 6.92 Å². The predicted molar refractivity (Wildman–Crippen MR) is 66.4 cm³/mol. The molecule has 18 heavy (non-hydrogen) atoms. The van der Waals surface area contributed by atoms with Crippen molar-refractivity contribution in [1.29, 1.82) is 0 Å². The van der Waals surface area contributed by atoms with Crippen molar-refractivity contribution < 1.29 is 14.7 Å². The van der Waals surface area contributed by atoms with Gasteiger partial charge in [0.2, 0.25) is 0 Å². The number of amides is 1. The lowest BCUT2D eigenvalue weighted by atomic mass is 9.94. The summed E-state index contributed by atoms with van der Waals surface area (Å²) in [6.45, 7) is 5.37. The molecule has 1 rings (SSSR count). The lowest BCUT2D eigenvalue weighted by Crippen LogP contribution is -2.47. The van der Waals surface area contributed by atoms with Crippen molar-refractivity contribution >= 4 is 11.9 Å². The molecule has 0 saturated carbocycles. The summed E-state index contributed by atoms with van der Waals surface area (Å²) in [7, 11) is 1.75. The van der Waals surface area contributed by atoms with Crippen molar-refractivity contribution in [1.82, 2.24) is 15.1 Å². The van der Waals surface area contributed by atoms with E-state index >= 15 is 0 Å². The lowest BCUT2D eigenvalue weighted by molar-refractivity contribution is -0.138. The van der Waals surface area contributed by atoms with Gasteiger partial charge in [-0.05, 0) is 20.3 Å². The Morgan fingerprint density at radius 2 is 2.17 bits per heavy atom. The molecular weight excluding hydrogens is 234 g/mol. The minimum atomic E-state index is -0.928. The molecule has 0 bridgehead atoms. The number of aromatic nitrogens is 2. The molecule has 0 aliphatic rings. The van der Waals surface area contributed by atoms with Crippen LogP contribution in [-0.4, -0.2) is 32.3 Å².